The van der Waals surface area contributed by atoms with Gasteiger partial charge in [0.2, 0.25) is 17.1 Å². The van der Waals surface area contributed by atoms with E-state index in [-0.39, 0.29) is 5.91 Å². The summed E-state index contributed by atoms with van der Waals surface area (Å²) in [7, 11) is 4.40. The second kappa shape index (κ2) is 11.2. The lowest BCUT2D eigenvalue weighted by Crippen LogP contribution is -2.49. The molecule has 37 heavy (non-hydrogen) atoms. The maximum absolute atomic E-state index is 12.0. The zero-order valence-corrected chi connectivity index (χ0v) is 22.2. The Bertz CT molecular complexity index is 1400. The van der Waals surface area contributed by atoms with Crippen LogP contribution in [0.2, 0.25) is 0 Å². The number of amides is 1. The average molecular weight is 501 g/mol. The summed E-state index contributed by atoms with van der Waals surface area (Å²) >= 11 is 0. The summed E-state index contributed by atoms with van der Waals surface area (Å²) in [6.45, 7) is 5.14. The fraction of sp³-hybridized carbons (Fsp3) is 0.333. The largest absolute Gasteiger partial charge is 0.399 e. The van der Waals surface area contributed by atoms with E-state index in [0.717, 1.165) is 74.8 Å². The summed E-state index contributed by atoms with van der Waals surface area (Å²) in [4.78, 5) is 12.0. The first-order valence-corrected chi connectivity index (χ1v) is 13.0. The zero-order valence-electron chi connectivity index (χ0n) is 22.2. The molecule has 0 fully saturated rings. The number of nitrogens with one attached hydrogen (secondary N) is 1. The van der Waals surface area contributed by atoms with Gasteiger partial charge in [-0.1, -0.05) is 31.2 Å². The highest BCUT2D eigenvalue weighted by molar-refractivity contribution is 6.10. The third kappa shape index (κ3) is 6.01. The van der Waals surface area contributed by atoms with Crippen LogP contribution in [0.3, 0.4) is 0 Å². The lowest BCUT2D eigenvalue weighted by atomic mass is 9.98. The van der Waals surface area contributed by atoms with Crippen LogP contribution in [-0.2, 0) is 11.3 Å². The topological polar surface area (TPSA) is 111 Å². The SMILES string of the molecule is CCC(N)C(=O)NCC[N+](C)(C)CCC[n+]1c(-c2ccccc2)c2cc(N)ccc2c2ccc(N)cc21. The van der Waals surface area contributed by atoms with Crippen LogP contribution >= 0.6 is 0 Å². The summed E-state index contributed by atoms with van der Waals surface area (Å²) in [6, 6.07) is 22.3. The molecule has 0 aliphatic carbocycles. The number of hydrogen-bond donors (Lipinski definition) is 4. The van der Waals surface area contributed by atoms with Crippen LogP contribution < -0.4 is 27.1 Å². The van der Waals surface area contributed by atoms with Gasteiger partial charge >= 0.3 is 0 Å². The molecule has 1 heterocycles. The molecule has 0 bridgehead atoms. The van der Waals surface area contributed by atoms with Gasteiger partial charge in [0.15, 0.2) is 6.54 Å². The Morgan fingerprint density at radius 3 is 2.30 bits per heavy atom. The highest BCUT2D eigenvalue weighted by Crippen LogP contribution is 2.33. The number of rotatable bonds is 10. The molecule has 1 unspecified atom stereocenters. The number of nitrogens with two attached hydrogens (primary N) is 3. The Balaban J connectivity index is 1.66. The molecule has 7 nitrogen and oxygen atoms in total. The number of aryl methyl sites for hydroxylation is 1. The summed E-state index contributed by atoms with van der Waals surface area (Å²) in [6.07, 6.45) is 1.60. The maximum Gasteiger partial charge on any atom is 0.237 e. The number of nitrogen functional groups attached to an aromatic ring is 2. The van der Waals surface area contributed by atoms with Gasteiger partial charge in [0.05, 0.1) is 57.0 Å². The Morgan fingerprint density at radius 1 is 0.919 bits per heavy atom. The van der Waals surface area contributed by atoms with E-state index < -0.39 is 6.04 Å². The molecule has 0 aliphatic heterocycles. The van der Waals surface area contributed by atoms with E-state index in [1.54, 1.807) is 0 Å². The fourth-order valence-electron chi connectivity index (χ4n) is 4.96. The predicted molar refractivity (Wildman–Crippen MR) is 154 cm³/mol. The maximum atomic E-state index is 12.0. The third-order valence-electron chi connectivity index (χ3n) is 7.16. The van der Waals surface area contributed by atoms with Crippen LogP contribution in [-0.4, -0.2) is 50.2 Å². The number of aromatic nitrogens is 1. The fourth-order valence-corrected chi connectivity index (χ4v) is 4.96. The van der Waals surface area contributed by atoms with Gasteiger partial charge in [-0.15, -0.1) is 0 Å². The van der Waals surface area contributed by atoms with Crippen molar-refractivity contribution in [3.05, 3.63) is 66.7 Å². The molecule has 4 aromatic rings. The summed E-state index contributed by atoms with van der Waals surface area (Å²) in [5, 5.41) is 6.43. The number of carbonyl (C=O) groups is 1. The Morgan fingerprint density at radius 2 is 1.59 bits per heavy atom. The minimum Gasteiger partial charge on any atom is -0.399 e. The summed E-state index contributed by atoms with van der Waals surface area (Å²) in [5.74, 6) is -0.0787. The van der Waals surface area contributed by atoms with Crippen molar-refractivity contribution in [2.75, 3.05) is 45.2 Å². The van der Waals surface area contributed by atoms with Crippen molar-refractivity contribution in [2.24, 2.45) is 5.73 Å². The molecule has 0 saturated carbocycles. The van der Waals surface area contributed by atoms with Crippen LogP contribution in [0.15, 0.2) is 66.7 Å². The standard InChI is InChI=1S/C30H38N6O/c1-4-27(33)30(37)34-15-18-36(2,3)17-8-16-35-28-20-23(32)12-14-25(28)24-13-11-22(31)19-26(24)29(35)21-9-6-5-7-10-21/h5-7,9-14,19-20,27,32H,4,8,15-18,31,33H2,1-3H3/p+2. The molecule has 1 amide bonds. The van der Waals surface area contributed by atoms with E-state index >= 15 is 0 Å². The minimum absolute atomic E-state index is 0.0787. The molecule has 3 aromatic carbocycles. The molecule has 0 saturated heterocycles. The van der Waals surface area contributed by atoms with Crippen LogP contribution in [0.1, 0.15) is 19.8 Å². The second-order valence-corrected chi connectivity index (χ2v) is 10.5. The molecular weight excluding hydrogens is 460 g/mol. The first-order valence-electron chi connectivity index (χ1n) is 13.0. The first-order chi connectivity index (χ1) is 17.7. The van der Waals surface area contributed by atoms with Crippen molar-refractivity contribution >= 4 is 39.0 Å². The van der Waals surface area contributed by atoms with E-state index in [2.05, 4.69) is 72.5 Å². The lowest BCUT2D eigenvalue weighted by Gasteiger charge is -2.29. The van der Waals surface area contributed by atoms with Gasteiger partial charge in [-0.25, -0.2) is 0 Å². The molecular formula is C30H40N6O+2. The number of fused-ring (bicyclic) bond motifs is 3. The number of pyridine rings is 1. The molecule has 0 aliphatic rings. The number of likely N-dealkylation sites (N-methyl/N-ethyl adjacent to an activating group) is 1. The van der Waals surface area contributed by atoms with E-state index in [0.29, 0.717) is 13.0 Å². The Kier molecular flexibility index (Phi) is 7.95. The van der Waals surface area contributed by atoms with Crippen LogP contribution in [0.5, 0.6) is 0 Å². The molecule has 7 heteroatoms. The van der Waals surface area contributed by atoms with Gasteiger partial charge in [-0.3, -0.25) is 4.79 Å². The van der Waals surface area contributed by atoms with Gasteiger partial charge < -0.3 is 27.0 Å². The number of nitrogens with zero attached hydrogens (tertiary/aromatic N) is 2. The van der Waals surface area contributed by atoms with E-state index in [1.165, 1.54) is 0 Å². The smallest absolute Gasteiger partial charge is 0.237 e. The summed E-state index contributed by atoms with van der Waals surface area (Å²) < 4.78 is 3.19. The normalized spacial score (nSPS) is 12.6. The van der Waals surface area contributed by atoms with Gasteiger partial charge in [0.1, 0.15) is 0 Å². The predicted octanol–water partition coefficient (Wildman–Crippen LogP) is 3.43. The van der Waals surface area contributed by atoms with Crippen molar-refractivity contribution in [3.63, 3.8) is 0 Å². The molecule has 0 spiro atoms. The van der Waals surface area contributed by atoms with Crippen LogP contribution in [0, 0.1) is 0 Å². The first kappa shape index (κ1) is 26.4. The van der Waals surface area contributed by atoms with Crippen molar-refractivity contribution < 1.29 is 13.8 Å². The molecule has 194 valence electrons. The highest BCUT2D eigenvalue weighted by atomic mass is 16.2. The lowest BCUT2D eigenvalue weighted by molar-refractivity contribution is -0.891. The minimum atomic E-state index is -0.439. The van der Waals surface area contributed by atoms with E-state index in [9.17, 15) is 4.79 Å². The van der Waals surface area contributed by atoms with Crippen molar-refractivity contribution in [1.29, 1.82) is 0 Å². The Labute approximate surface area is 219 Å². The number of hydrogen-bond acceptors (Lipinski definition) is 4. The van der Waals surface area contributed by atoms with Gasteiger partial charge in [0, 0.05) is 28.4 Å². The molecule has 0 radical (unpaired) electrons. The zero-order chi connectivity index (χ0) is 26.6. The van der Waals surface area contributed by atoms with Crippen LogP contribution in [0.4, 0.5) is 11.4 Å². The highest BCUT2D eigenvalue weighted by Gasteiger charge is 2.25. The van der Waals surface area contributed by atoms with Crippen molar-refractivity contribution in [2.45, 2.75) is 32.4 Å². The number of anilines is 2. The molecule has 1 aromatic heterocycles. The quantitative estimate of drug-likeness (QED) is 0.116. The van der Waals surface area contributed by atoms with E-state index in [4.69, 9.17) is 17.2 Å². The van der Waals surface area contributed by atoms with Gasteiger partial charge in [0.25, 0.3) is 0 Å². The monoisotopic (exact) mass is 500 g/mol. The molecule has 1 atom stereocenters. The number of carbonyl (C=O) groups excluding carboxylic acids is 1. The van der Waals surface area contributed by atoms with E-state index in [1.807, 2.05) is 25.1 Å². The number of quaternary nitrogens is 1. The second-order valence-electron chi connectivity index (χ2n) is 10.5. The Hall–Kier alpha value is -3.68. The molecule has 7 N–H and O–H groups in total. The number of benzene rings is 3. The van der Waals surface area contributed by atoms with Crippen molar-refractivity contribution in [1.82, 2.24) is 5.32 Å². The van der Waals surface area contributed by atoms with Gasteiger partial charge in [-0.05, 0) is 42.8 Å². The van der Waals surface area contributed by atoms with Gasteiger partial charge in [-0.2, -0.15) is 4.57 Å². The third-order valence-corrected chi connectivity index (χ3v) is 7.16. The molecule has 4 rings (SSSR count). The summed E-state index contributed by atoms with van der Waals surface area (Å²) in [5.41, 5.74) is 23.3. The average Bonchev–Trinajstić information content (AvgIpc) is 2.88. The van der Waals surface area contributed by atoms with Crippen LogP contribution in [0.25, 0.3) is 32.9 Å². The van der Waals surface area contributed by atoms with Crippen molar-refractivity contribution in [3.8, 4) is 11.3 Å².